The summed E-state index contributed by atoms with van der Waals surface area (Å²) in [7, 11) is 0. The summed E-state index contributed by atoms with van der Waals surface area (Å²) in [4.78, 5) is 32.2. The zero-order valence-corrected chi connectivity index (χ0v) is 18.5. The van der Waals surface area contributed by atoms with E-state index in [1.54, 1.807) is 28.0 Å². The number of halogens is 1. The number of fused-ring (bicyclic) bond motifs is 3. The van der Waals surface area contributed by atoms with E-state index < -0.39 is 0 Å². The largest absolute Gasteiger partial charge is 0.355 e. The molecule has 5 nitrogen and oxygen atoms in total. The predicted molar refractivity (Wildman–Crippen MR) is 120 cm³/mol. The van der Waals surface area contributed by atoms with Crippen molar-refractivity contribution in [2.24, 2.45) is 0 Å². The molecule has 0 spiro atoms. The van der Waals surface area contributed by atoms with Crippen LogP contribution in [0.25, 0.3) is 10.2 Å². The Hall–Kier alpha value is -2.19. The highest BCUT2D eigenvalue weighted by molar-refractivity contribution is 7.99. The van der Waals surface area contributed by atoms with Crippen molar-refractivity contribution in [2.75, 3.05) is 12.3 Å². The lowest BCUT2D eigenvalue weighted by Gasteiger charge is -2.12. The average molecular weight is 446 g/mol. The summed E-state index contributed by atoms with van der Waals surface area (Å²) < 4.78 is 14.6. The number of thioether (sulfide) groups is 1. The molecule has 1 aliphatic rings. The molecule has 1 aromatic carbocycles. The van der Waals surface area contributed by atoms with Crippen molar-refractivity contribution in [1.29, 1.82) is 0 Å². The molecular weight excluding hydrogens is 421 g/mol. The second-order valence-corrected chi connectivity index (χ2v) is 9.38. The van der Waals surface area contributed by atoms with Crippen LogP contribution in [0.15, 0.2) is 34.2 Å². The summed E-state index contributed by atoms with van der Waals surface area (Å²) in [5.74, 6) is -0.172. The van der Waals surface area contributed by atoms with Crippen LogP contribution in [-0.2, 0) is 30.6 Å². The maximum absolute atomic E-state index is 13.1. The number of nitrogens with zero attached hydrogens (tertiary/aromatic N) is 2. The molecule has 4 rings (SSSR count). The van der Waals surface area contributed by atoms with Crippen molar-refractivity contribution >= 4 is 39.2 Å². The minimum absolute atomic E-state index is 0.0149. The van der Waals surface area contributed by atoms with E-state index in [0.717, 1.165) is 35.0 Å². The van der Waals surface area contributed by atoms with Crippen molar-refractivity contribution in [2.45, 2.75) is 50.7 Å². The molecule has 0 fully saturated rings. The Kier molecular flexibility index (Phi) is 6.53. The number of carbonyl (C=O) groups excluding carboxylic acids is 1. The predicted octanol–water partition coefficient (Wildman–Crippen LogP) is 3.95. The van der Waals surface area contributed by atoms with Gasteiger partial charge in [-0.2, -0.15) is 0 Å². The molecular formula is C22H24FN3O2S2. The van der Waals surface area contributed by atoms with Crippen molar-refractivity contribution < 1.29 is 9.18 Å². The van der Waals surface area contributed by atoms with Gasteiger partial charge in [0.25, 0.3) is 5.56 Å². The minimum atomic E-state index is -0.266. The van der Waals surface area contributed by atoms with E-state index in [4.69, 9.17) is 4.98 Å². The summed E-state index contributed by atoms with van der Waals surface area (Å²) in [6, 6.07) is 6.27. The van der Waals surface area contributed by atoms with Crippen LogP contribution in [0.4, 0.5) is 4.39 Å². The number of thiophene rings is 1. The summed E-state index contributed by atoms with van der Waals surface area (Å²) in [6.07, 6.45) is 4.92. The highest BCUT2D eigenvalue weighted by Crippen LogP contribution is 2.34. The second-order valence-electron chi connectivity index (χ2n) is 7.35. The second kappa shape index (κ2) is 9.31. The smallest absolute Gasteiger partial charge is 0.263 e. The van der Waals surface area contributed by atoms with E-state index in [9.17, 15) is 14.0 Å². The maximum Gasteiger partial charge on any atom is 0.263 e. The zero-order chi connectivity index (χ0) is 21.1. The van der Waals surface area contributed by atoms with Crippen molar-refractivity contribution in [3.8, 4) is 0 Å². The SMILES string of the molecule is CCn1c(SCC(=O)NCCc2ccc(F)cc2)nc2sc3c(c2c1=O)CCCC3. The van der Waals surface area contributed by atoms with Gasteiger partial charge in [-0.1, -0.05) is 23.9 Å². The van der Waals surface area contributed by atoms with Gasteiger partial charge in [0.05, 0.1) is 11.1 Å². The quantitative estimate of drug-likeness (QED) is 0.442. The van der Waals surface area contributed by atoms with Crippen molar-refractivity contribution in [1.82, 2.24) is 14.9 Å². The summed E-state index contributed by atoms with van der Waals surface area (Å²) in [5.41, 5.74) is 2.18. The lowest BCUT2D eigenvalue weighted by atomic mass is 9.97. The van der Waals surface area contributed by atoms with Gasteiger partial charge in [-0.3, -0.25) is 14.2 Å². The lowest BCUT2D eigenvalue weighted by Crippen LogP contribution is -2.28. The molecule has 8 heteroatoms. The molecule has 0 saturated heterocycles. The first-order chi connectivity index (χ1) is 14.6. The Labute approximate surface area is 182 Å². The molecule has 158 valence electrons. The monoisotopic (exact) mass is 445 g/mol. The number of hydrogen-bond donors (Lipinski definition) is 1. The number of carbonyl (C=O) groups is 1. The highest BCUT2D eigenvalue weighted by atomic mass is 32.2. The van der Waals surface area contributed by atoms with Crippen LogP contribution in [-0.4, -0.2) is 27.8 Å². The Morgan fingerprint density at radius 3 is 2.80 bits per heavy atom. The van der Waals surface area contributed by atoms with E-state index in [1.165, 1.54) is 40.8 Å². The van der Waals surface area contributed by atoms with Crippen LogP contribution in [0.2, 0.25) is 0 Å². The third-order valence-electron chi connectivity index (χ3n) is 5.34. The fraction of sp³-hybridized carbons (Fsp3) is 0.409. The fourth-order valence-corrected chi connectivity index (χ4v) is 5.98. The highest BCUT2D eigenvalue weighted by Gasteiger charge is 2.22. The lowest BCUT2D eigenvalue weighted by molar-refractivity contribution is -0.118. The maximum atomic E-state index is 13.1. The van der Waals surface area contributed by atoms with Crippen LogP contribution in [0.3, 0.4) is 0 Å². The Balaban J connectivity index is 1.42. The molecule has 3 aromatic rings. The van der Waals surface area contributed by atoms with Gasteiger partial charge in [0.2, 0.25) is 5.91 Å². The molecule has 1 aliphatic carbocycles. The van der Waals surface area contributed by atoms with Crippen LogP contribution >= 0.6 is 23.1 Å². The standard InChI is InChI=1S/C22H24FN3O2S2/c1-2-26-21(28)19-16-5-3-4-6-17(16)30-20(19)25-22(26)29-13-18(27)24-12-11-14-7-9-15(23)10-8-14/h7-10H,2-6,11-13H2,1H3,(H,24,27). The number of nitrogens with one attached hydrogen (secondary N) is 1. The molecule has 2 aromatic heterocycles. The zero-order valence-electron chi connectivity index (χ0n) is 16.9. The summed E-state index contributed by atoms with van der Waals surface area (Å²) in [5, 5.41) is 4.26. The van der Waals surface area contributed by atoms with Crippen molar-refractivity contribution in [3.63, 3.8) is 0 Å². The number of aryl methyl sites for hydroxylation is 2. The molecule has 1 amide bonds. The van der Waals surface area contributed by atoms with Gasteiger partial charge < -0.3 is 5.32 Å². The van der Waals surface area contributed by atoms with Gasteiger partial charge in [0.1, 0.15) is 10.6 Å². The third-order valence-corrected chi connectivity index (χ3v) is 7.50. The normalized spacial score (nSPS) is 13.4. The average Bonchev–Trinajstić information content (AvgIpc) is 3.12. The fourth-order valence-electron chi connectivity index (χ4n) is 3.79. The van der Waals surface area contributed by atoms with Gasteiger partial charge in [-0.05, 0) is 62.3 Å². The van der Waals surface area contributed by atoms with E-state index in [2.05, 4.69) is 5.32 Å². The number of amides is 1. The van der Waals surface area contributed by atoms with Gasteiger partial charge in [-0.25, -0.2) is 9.37 Å². The summed E-state index contributed by atoms with van der Waals surface area (Å²) >= 11 is 2.93. The number of hydrogen-bond acceptors (Lipinski definition) is 5. The third kappa shape index (κ3) is 4.44. The van der Waals surface area contributed by atoms with Gasteiger partial charge in [0, 0.05) is 18.0 Å². The van der Waals surface area contributed by atoms with Crippen LogP contribution < -0.4 is 10.9 Å². The Morgan fingerprint density at radius 1 is 1.27 bits per heavy atom. The molecule has 2 heterocycles. The first-order valence-electron chi connectivity index (χ1n) is 10.3. The van der Waals surface area contributed by atoms with E-state index >= 15 is 0 Å². The molecule has 0 aliphatic heterocycles. The number of benzene rings is 1. The summed E-state index contributed by atoms with van der Waals surface area (Å²) in [6.45, 7) is 2.94. The minimum Gasteiger partial charge on any atom is -0.355 e. The first kappa shape index (κ1) is 21.1. The van der Waals surface area contributed by atoms with Crippen LogP contribution in [0.5, 0.6) is 0 Å². The van der Waals surface area contributed by atoms with Gasteiger partial charge >= 0.3 is 0 Å². The van der Waals surface area contributed by atoms with Crippen LogP contribution in [0.1, 0.15) is 35.8 Å². The molecule has 1 N–H and O–H groups in total. The molecule has 0 radical (unpaired) electrons. The van der Waals surface area contributed by atoms with E-state index in [0.29, 0.717) is 24.7 Å². The van der Waals surface area contributed by atoms with E-state index in [-0.39, 0.29) is 23.0 Å². The van der Waals surface area contributed by atoms with Gasteiger partial charge in [-0.15, -0.1) is 11.3 Å². The number of rotatable bonds is 7. The Morgan fingerprint density at radius 2 is 2.03 bits per heavy atom. The number of aromatic nitrogens is 2. The van der Waals surface area contributed by atoms with Crippen molar-refractivity contribution in [3.05, 3.63) is 56.4 Å². The Bertz CT molecular complexity index is 1120. The molecule has 30 heavy (non-hydrogen) atoms. The first-order valence-corrected chi connectivity index (χ1v) is 12.1. The molecule has 0 bridgehead atoms. The molecule has 0 saturated carbocycles. The molecule has 0 atom stereocenters. The molecule has 0 unspecified atom stereocenters. The van der Waals surface area contributed by atoms with E-state index in [1.807, 2.05) is 6.92 Å². The topological polar surface area (TPSA) is 64.0 Å². The van der Waals surface area contributed by atoms with Crippen LogP contribution in [0, 0.1) is 5.82 Å². The van der Waals surface area contributed by atoms with Gasteiger partial charge in [0.15, 0.2) is 5.16 Å².